The van der Waals surface area contributed by atoms with Crippen LogP contribution >= 0.6 is 24.0 Å². The Bertz CT molecular complexity index is 517. The van der Waals surface area contributed by atoms with Crippen LogP contribution in [0.4, 0.5) is 0 Å². The molecule has 0 spiro atoms. The summed E-state index contributed by atoms with van der Waals surface area (Å²) in [7, 11) is 0. The molecule has 1 aromatic carbocycles. The first-order chi connectivity index (χ1) is 8.15. The van der Waals surface area contributed by atoms with Crippen LogP contribution in [0.25, 0.3) is 6.08 Å². The lowest BCUT2D eigenvalue weighted by Crippen LogP contribution is -2.10. The number of rotatable bonds is 2. The molecule has 1 heterocycles. The van der Waals surface area contributed by atoms with Crippen LogP contribution in [0, 0.1) is 0 Å². The van der Waals surface area contributed by atoms with Crippen molar-refractivity contribution in [2.45, 2.75) is 6.92 Å². The topological polar surface area (TPSA) is 29.1 Å². The zero-order valence-electron chi connectivity index (χ0n) is 9.27. The van der Waals surface area contributed by atoms with Crippen LogP contribution in [0.15, 0.2) is 47.7 Å². The highest BCUT2D eigenvalue weighted by Crippen LogP contribution is 2.20. The van der Waals surface area contributed by atoms with Crippen molar-refractivity contribution in [3.05, 3.63) is 53.2 Å². The highest BCUT2D eigenvalue weighted by molar-refractivity contribution is 8.33. The first-order valence-corrected chi connectivity index (χ1v) is 6.36. The SMILES string of the molecule is CC(=Cc1ccccc1)C=C1NC(=S)SC1=O. The smallest absolute Gasteiger partial charge is 0.242 e. The van der Waals surface area contributed by atoms with Crippen LogP contribution in [0.2, 0.25) is 0 Å². The average Bonchev–Trinajstić information content (AvgIpc) is 2.58. The molecule has 2 nitrogen and oxygen atoms in total. The van der Waals surface area contributed by atoms with E-state index < -0.39 is 0 Å². The molecule has 86 valence electrons. The lowest BCUT2D eigenvalue weighted by Gasteiger charge is -1.97. The highest BCUT2D eigenvalue weighted by Gasteiger charge is 2.21. The molecule has 1 aliphatic heterocycles. The van der Waals surface area contributed by atoms with Crippen LogP contribution < -0.4 is 5.32 Å². The fourth-order valence-corrected chi connectivity index (χ4v) is 2.39. The molecule has 0 saturated carbocycles. The van der Waals surface area contributed by atoms with Gasteiger partial charge >= 0.3 is 0 Å². The zero-order valence-corrected chi connectivity index (χ0v) is 10.9. The van der Waals surface area contributed by atoms with Gasteiger partial charge < -0.3 is 5.32 Å². The summed E-state index contributed by atoms with van der Waals surface area (Å²) < 4.78 is 0.522. The molecule has 1 N–H and O–H groups in total. The average molecular weight is 261 g/mol. The normalized spacial score (nSPS) is 18.6. The Hall–Kier alpha value is -1.39. The number of thiocarbonyl (C=S) groups is 1. The minimum absolute atomic E-state index is 0.0178. The second-order valence-corrected chi connectivity index (χ2v) is 5.31. The lowest BCUT2D eigenvalue weighted by atomic mass is 10.1. The third-order valence-corrected chi connectivity index (χ3v) is 3.25. The molecule has 0 amide bonds. The van der Waals surface area contributed by atoms with Crippen molar-refractivity contribution in [1.82, 2.24) is 5.32 Å². The third kappa shape index (κ3) is 3.28. The molecular weight excluding hydrogens is 250 g/mol. The van der Waals surface area contributed by atoms with Crippen molar-refractivity contribution in [2.24, 2.45) is 0 Å². The van der Waals surface area contributed by atoms with Gasteiger partial charge in [-0.2, -0.15) is 0 Å². The van der Waals surface area contributed by atoms with Gasteiger partial charge in [-0.1, -0.05) is 48.6 Å². The van der Waals surface area contributed by atoms with Gasteiger partial charge in [0.2, 0.25) is 5.12 Å². The number of benzene rings is 1. The van der Waals surface area contributed by atoms with Crippen molar-refractivity contribution >= 4 is 39.5 Å². The highest BCUT2D eigenvalue weighted by atomic mass is 32.2. The number of hydrogen-bond acceptors (Lipinski definition) is 3. The van der Waals surface area contributed by atoms with Crippen molar-refractivity contribution in [1.29, 1.82) is 0 Å². The number of carbonyl (C=O) groups is 1. The molecule has 0 bridgehead atoms. The molecule has 1 aliphatic rings. The molecule has 0 aliphatic carbocycles. The maximum Gasteiger partial charge on any atom is 0.242 e. The molecule has 1 saturated heterocycles. The maximum absolute atomic E-state index is 11.5. The summed E-state index contributed by atoms with van der Waals surface area (Å²) in [5.41, 5.74) is 2.68. The molecule has 1 fully saturated rings. The van der Waals surface area contributed by atoms with Crippen molar-refractivity contribution in [3.8, 4) is 0 Å². The molecular formula is C13H11NOS2. The summed E-state index contributed by atoms with van der Waals surface area (Å²) in [5, 5.41) is 2.87. The predicted octanol–water partition coefficient (Wildman–Crippen LogP) is 3.12. The summed E-state index contributed by atoms with van der Waals surface area (Å²) in [5.74, 6) is 0. The van der Waals surface area contributed by atoms with Crippen molar-refractivity contribution in [3.63, 3.8) is 0 Å². The quantitative estimate of drug-likeness (QED) is 0.654. The monoisotopic (exact) mass is 261 g/mol. The fraction of sp³-hybridized carbons (Fsp3) is 0.0769. The van der Waals surface area contributed by atoms with E-state index in [9.17, 15) is 4.79 Å². The first-order valence-electron chi connectivity index (χ1n) is 5.13. The number of nitrogens with one attached hydrogen (secondary N) is 1. The fourth-order valence-electron chi connectivity index (χ4n) is 1.50. The predicted molar refractivity (Wildman–Crippen MR) is 76.5 cm³/mol. The van der Waals surface area contributed by atoms with Gasteiger partial charge in [0.15, 0.2) is 0 Å². The van der Waals surface area contributed by atoms with E-state index in [4.69, 9.17) is 12.2 Å². The Balaban J connectivity index is 2.19. The van der Waals surface area contributed by atoms with Crippen LogP contribution in [0.5, 0.6) is 0 Å². The summed E-state index contributed by atoms with van der Waals surface area (Å²) in [6.07, 6.45) is 3.84. The largest absolute Gasteiger partial charge is 0.337 e. The van der Waals surface area contributed by atoms with Gasteiger partial charge in [0.1, 0.15) is 4.32 Å². The van der Waals surface area contributed by atoms with Crippen molar-refractivity contribution in [2.75, 3.05) is 0 Å². The van der Waals surface area contributed by atoms with Gasteiger partial charge in [-0.05, 0) is 35.9 Å². The van der Waals surface area contributed by atoms with Crippen LogP contribution in [-0.4, -0.2) is 9.44 Å². The van der Waals surface area contributed by atoms with E-state index in [0.29, 0.717) is 10.0 Å². The number of carbonyl (C=O) groups excluding carboxylic acids is 1. The van der Waals surface area contributed by atoms with Crippen LogP contribution in [0.3, 0.4) is 0 Å². The number of allylic oxidation sites excluding steroid dienone is 2. The van der Waals surface area contributed by atoms with E-state index in [1.807, 2.05) is 49.4 Å². The lowest BCUT2D eigenvalue weighted by molar-refractivity contribution is -0.107. The van der Waals surface area contributed by atoms with E-state index in [2.05, 4.69) is 5.32 Å². The molecule has 0 radical (unpaired) electrons. The summed E-state index contributed by atoms with van der Waals surface area (Å²) in [6, 6.07) is 9.98. The second-order valence-electron chi connectivity index (χ2n) is 3.66. The Morgan fingerprint density at radius 3 is 2.65 bits per heavy atom. The van der Waals surface area contributed by atoms with Gasteiger partial charge in [-0.3, -0.25) is 4.79 Å². The first kappa shape index (κ1) is 12.1. The molecule has 0 atom stereocenters. The minimum atomic E-state index is -0.0178. The van der Waals surface area contributed by atoms with Gasteiger partial charge in [0.25, 0.3) is 0 Å². The van der Waals surface area contributed by atoms with Gasteiger partial charge in [-0.15, -0.1) is 0 Å². The molecule has 2 rings (SSSR count). The number of hydrogen-bond donors (Lipinski definition) is 1. The second kappa shape index (κ2) is 5.29. The molecule has 0 aromatic heterocycles. The Morgan fingerprint density at radius 1 is 1.35 bits per heavy atom. The number of thioether (sulfide) groups is 1. The van der Waals surface area contributed by atoms with E-state index >= 15 is 0 Å². The van der Waals surface area contributed by atoms with Gasteiger partial charge in [0, 0.05) is 0 Å². The Morgan fingerprint density at radius 2 is 2.06 bits per heavy atom. The van der Waals surface area contributed by atoms with Gasteiger partial charge in [0.05, 0.1) is 5.70 Å². The zero-order chi connectivity index (χ0) is 12.3. The van der Waals surface area contributed by atoms with Crippen LogP contribution in [0.1, 0.15) is 12.5 Å². The van der Waals surface area contributed by atoms with E-state index in [1.165, 1.54) is 0 Å². The Kier molecular flexibility index (Phi) is 3.76. The van der Waals surface area contributed by atoms with E-state index in [1.54, 1.807) is 0 Å². The molecule has 4 heteroatoms. The van der Waals surface area contributed by atoms with Crippen molar-refractivity contribution < 1.29 is 4.79 Å². The maximum atomic E-state index is 11.5. The molecule has 1 aromatic rings. The van der Waals surface area contributed by atoms with Gasteiger partial charge in [-0.25, -0.2) is 0 Å². The third-order valence-electron chi connectivity index (χ3n) is 2.21. The molecule has 17 heavy (non-hydrogen) atoms. The summed E-state index contributed by atoms with van der Waals surface area (Å²) in [6.45, 7) is 1.96. The Labute approximate surface area is 110 Å². The van der Waals surface area contributed by atoms with E-state index in [-0.39, 0.29) is 5.12 Å². The minimum Gasteiger partial charge on any atom is -0.337 e. The summed E-state index contributed by atoms with van der Waals surface area (Å²) in [4.78, 5) is 11.5. The summed E-state index contributed by atoms with van der Waals surface area (Å²) >= 11 is 5.99. The van der Waals surface area contributed by atoms with E-state index in [0.717, 1.165) is 22.9 Å². The van der Waals surface area contributed by atoms with Crippen LogP contribution in [-0.2, 0) is 4.79 Å². The molecule has 0 unspecified atom stereocenters. The standard InChI is InChI=1S/C13H11NOS2/c1-9(7-10-5-3-2-4-6-10)8-11-12(15)17-13(16)14-11/h2-8H,1H3,(H,14,16).